The second kappa shape index (κ2) is 5.48. The molecule has 0 unspecified atom stereocenters. The van der Waals surface area contributed by atoms with E-state index in [1.165, 1.54) is 12.1 Å². The Labute approximate surface area is 99.7 Å². The van der Waals surface area contributed by atoms with Gasteiger partial charge in [0.2, 0.25) is 10.0 Å². The van der Waals surface area contributed by atoms with Crippen molar-refractivity contribution in [3.8, 4) is 12.3 Å². The lowest BCUT2D eigenvalue weighted by atomic mass is 10.4. The van der Waals surface area contributed by atoms with Gasteiger partial charge in [-0.2, -0.15) is 4.31 Å². The van der Waals surface area contributed by atoms with Crippen LogP contribution in [0.4, 0.5) is 0 Å². The largest absolute Gasteiger partial charge is 0.480 e. The second-order valence-corrected chi connectivity index (χ2v) is 5.12. The maximum Gasteiger partial charge on any atom is 0.318 e. The first-order chi connectivity index (χ1) is 7.98. The first-order valence-electron chi connectivity index (χ1n) is 4.69. The number of hydrogen-bond donors (Lipinski definition) is 1. The highest BCUT2D eigenvalue weighted by Crippen LogP contribution is 2.14. The summed E-state index contributed by atoms with van der Waals surface area (Å²) in [5, 5.41) is 8.65. The monoisotopic (exact) mass is 253 g/mol. The molecule has 17 heavy (non-hydrogen) atoms. The Morgan fingerprint density at radius 3 is 2.41 bits per heavy atom. The van der Waals surface area contributed by atoms with Crippen LogP contribution in [0.1, 0.15) is 0 Å². The van der Waals surface area contributed by atoms with Crippen LogP contribution in [0.15, 0.2) is 35.2 Å². The molecule has 1 aromatic rings. The van der Waals surface area contributed by atoms with Crippen LogP contribution < -0.4 is 0 Å². The van der Waals surface area contributed by atoms with Gasteiger partial charge in [0.15, 0.2) is 0 Å². The topological polar surface area (TPSA) is 74.7 Å². The van der Waals surface area contributed by atoms with Crippen LogP contribution in [-0.2, 0) is 14.8 Å². The molecule has 0 atom stereocenters. The lowest BCUT2D eigenvalue weighted by Gasteiger charge is -2.17. The van der Waals surface area contributed by atoms with Crippen molar-refractivity contribution in [3.05, 3.63) is 30.3 Å². The Balaban J connectivity index is 3.10. The summed E-state index contributed by atoms with van der Waals surface area (Å²) < 4.78 is 24.8. The fourth-order valence-corrected chi connectivity index (χ4v) is 2.54. The molecule has 1 N–H and O–H groups in total. The molecule has 0 fully saturated rings. The fraction of sp³-hybridized carbons (Fsp3) is 0.182. The molecular weight excluding hydrogens is 242 g/mol. The van der Waals surface area contributed by atoms with Crippen molar-refractivity contribution < 1.29 is 18.3 Å². The molecule has 1 aromatic carbocycles. The minimum absolute atomic E-state index is 0.0245. The lowest BCUT2D eigenvalue weighted by molar-refractivity contribution is -0.137. The van der Waals surface area contributed by atoms with E-state index < -0.39 is 22.5 Å². The summed E-state index contributed by atoms with van der Waals surface area (Å²) in [7, 11) is -3.85. The molecule has 1 rings (SSSR count). The van der Waals surface area contributed by atoms with E-state index in [2.05, 4.69) is 5.92 Å². The third-order valence-electron chi connectivity index (χ3n) is 1.96. The molecule has 0 aliphatic rings. The van der Waals surface area contributed by atoms with E-state index in [0.29, 0.717) is 0 Å². The molecule has 6 heteroatoms. The highest BCUT2D eigenvalue weighted by molar-refractivity contribution is 7.89. The molecule has 5 nitrogen and oxygen atoms in total. The molecule has 0 heterocycles. The number of carboxylic acid groups (broad SMARTS) is 1. The minimum Gasteiger partial charge on any atom is -0.480 e. The Hall–Kier alpha value is -1.84. The van der Waals surface area contributed by atoms with E-state index in [1.54, 1.807) is 18.2 Å². The predicted octanol–water partition coefficient (Wildman–Crippen LogP) is 0.395. The zero-order chi connectivity index (χ0) is 12.9. The van der Waals surface area contributed by atoms with Gasteiger partial charge in [-0.3, -0.25) is 4.79 Å². The van der Waals surface area contributed by atoms with Crippen molar-refractivity contribution in [2.24, 2.45) is 0 Å². The molecule has 90 valence electrons. The molecule has 0 spiro atoms. The van der Waals surface area contributed by atoms with Gasteiger partial charge in [0.25, 0.3) is 0 Å². The van der Waals surface area contributed by atoms with Gasteiger partial charge in [0.05, 0.1) is 11.4 Å². The number of carboxylic acids is 1. The maximum atomic E-state index is 12.0. The van der Waals surface area contributed by atoms with Crippen molar-refractivity contribution in [2.75, 3.05) is 13.1 Å². The van der Waals surface area contributed by atoms with Crippen molar-refractivity contribution in [2.45, 2.75) is 4.90 Å². The molecule has 0 bridgehead atoms. The van der Waals surface area contributed by atoms with Gasteiger partial charge in [-0.05, 0) is 12.1 Å². The third-order valence-corrected chi connectivity index (χ3v) is 3.77. The minimum atomic E-state index is -3.85. The van der Waals surface area contributed by atoms with Gasteiger partial charge in [0, 0.05) is 0 Å². The van der Waals surface area contributed by atoms with Gasteiger partial charge in [-0.1, -0.05) is 24.1 Å². The van der Waals surface area contributed by atoms with Crippen LogP contribution in [0.25, 0.3) is 0 Å². The zero-order valence-electron chi connectivity index (χ0n) is 8.91. The highest BCUT2D eigenvalue weighted by atomic mass is 32.2. The van der Waals surface area contributed by atoms with E-state index in [0.717, 1.165) is 4.31 Å². The molecule has 0 aromatic heterocycles. The Morgan fingerprint density at radius 2 is 1.94 bits per heavy atom. The third kappa shape index (κ3) is 3.31. The van der Waals surface area contributed by atoms with E-state index >= 15 is 0 Å². The van der Waals surface area contributed by atoms with Gasteiger partial charge in [-0.15, -0.1) is 6.42 Å². The first kappa shape index (κ1) is 13.2. The van der Waals surface area contributed by atoms with Crippen LogP contribution in [0, 0.1) is 12.3 Å². The quantitative estimate of drug-likeness (QED) is 0.770. The molecule has 0 saturated carbocycles. The van der Waals surface area contributed by atoms with Gasteiger partial charge >= 0.3 is 5.97 Å². The predicted molar refractivity (Wildman–Crippen MR) is 61.7 cm³/mol. The summed E-state index contributed by atoms with van der Waals surface area (Å²) in [6, 6.07) is 7.56. The van der Waals surface area contributed by atoms with Gasteiger partial charge < -0.3 is 5.11 Å². The molecule has 0 aliphatic carbocycles. The number of carbonyl (C=O) groups is 1. The van der Waals surface area contributed by atoms with Gasteiger partial charge in [-0.25, -0.2) is 8.42 Å². The average molecular weight is 253 g/mol. The van der Waals surface area contributed by atoms with Crippen LogP contribution in [0.3, 0.4) is 0 Å². The van der Waals surface area contributed by atoms with E-state index in [-0.39, 0.29) is 11.4 Å². The molecule has 0 aliphatic heterocycles. The smallest absolute Gasteiger partial charge is 0.318 e. The SMILES string of the molecule is C#CCN(CC(=O)O)S(=O)(=O)c1ccccc1. The van der Waals surface area contributed by atoms with Crippen LogP contribution >= 0.6 is 0 Å². The van der Waals surface area contributed by atoms with E-state index in [4.69, 9.17) is 11.5 Å². The summed E-state index contributed by atoms with van der Waals surface area (Å²) >= 11 is 0. The van der Waals surface area contributed by atoms with Crippen molar-refractivity contribution in [3.63, 3.8) is 0 Å². The van der Waals surface area contributed by atoms with Crippen LogP contribution in [-0.4, -0.2) is 36.9 Å². The standard InChI is InChI=1S/C11H11NO4S/c1-2-8-12(9-11(13)14)17(15,16)10-6-4-3-5-7-10/h1,3-7H,8-9H2,(H,13,14). The number of aliphatic carboxylic acids is 1. The van der Waals surface area contributed by atoms with E-state index in [9.17, 15) is 13.2 Å². The number of sulfonamides is 1. The van der Waals surface area contributed by atoms with Crippen molar-refractivity contribution in [1.29, 1.82) is 0 Å². The summed E-state index contributed by atoms with van der Waals surface area (Å²) in [6.07, 6.45) is 5.03. The number of rotatable bonds is 5. The summed E-state index contributed by atoms with van der Waals surface area (Å²) in [5.74, 6) is 0.882. The van der Waals surface area contributed by atoms with Crippen LogP contribution in [0.2, 0.25) is 0 Å². The molecule has 0 amide bonds. The maximum absolute atomic E-state index is 12.0. The average Bonchev–Trinajstić information content (AvgIpc) is 2.29. The summed E-state index contributed by atoms with van der Waals surface area (Å²) in [6.45, 7) is -0.926. The number of hydrogen-bond acceptors (Lipinski definition) is 3. The number of benzene rings is 1. The second-order valence-electron chi connectivity index (χ2n) is 3.18. The molecule has 0 saturated heterocycles. The van der Waals surface area contributed by atoms with Crippen LogP contribution in [0.5, 0.6) is 0 Å². The summed E-state index contributed by atoms with van der Waals surface area (Å²) in [5.41, 5.74) is 0. The lowest BCUT2D eigenvalue weighted by Crippen LogP contribution is -2.35. The molecular formula is C11H11NO4S. The first-order valence-corrected chi connectivity index (χ1v) is 6.13. The highest BCUT2D eigenvalue weighted by Gasteiger charge is 2.25. The fourth-order valence-electron chi connectivity index (χ4n) is 1.22. The normalized spacial score (nSPS) is 11.1. The van der Waals surface area contributed by atoms with Crippen molar-refractivity contribution in [1.82, 2.24) is 4.31 Å². The van der Waals surface area contributed by atoms with Crippen molar-refractivity contribution >= 4 is 16.0 Å². The Morgan fingerprint density at radius 1 is 1.35 bits per heavy atom. The number of nitrogens with zero attached hydrogens (tertiary/aromatic N) is 1. The van der Waals surface area contributed by atoms with Gasteiger partial charge in [0.1, 0.15) is 6.54 Å². The summed E-state index contributed by atoms with van der Waals surface area (Å²) in [4.78, 5) is 10.6. The number of terminal acetylenes is 1. The zero-order valence-corrected chi connectivity index (χ0v) is 9.72. The Kier molecular flexibility index (Phi) is 4.26. The Bertz CT molecular complexity index is 530. The molecule has 0 radical (unpaired) electrons. The van der Waals surface area contributed by atoms with E-state index in [1.807, 2.05) is 0 Å².